The first-order chi connectivity index (χ1) is 12.1. The second kappa shape index (κ2) is 8.27. The smallest absolute Gasteiger partial charge is 0.264 e. The Morgan fingerprint density at radius 1 is 1.08 bits per heavy atom. The van der Waals surface area contributed by atoms with E-state index in [-0.39, 0.29) is 11.8 Å². The molecule has 132 valence electrons. The van der Waals surface area contributed by atoms with E-state index in [1.165, 1.54) is 23.8 Å². The summed E-state index contributed by atoms with van der Waals surface area (Å²) in [6, 6.07) is 11.8. The van der Waals surface area contributed by atoms with Crippen LogP contribution in [0.5, 0.6) is 0 Å². The van der Waals surface area contributed by atoms with Crippen LogP contribution in [-0.4, -0.2) is 54.3 Å². The van der Waals surface area contributed by atoms with Crippen molar-refractivity contribution >= 4 is 28.8 Å². The van der Waals surface area contributed by atoms with Gasteiger partial charge in [0, 0.05) is 45.3 Å². The Hall–Kier alpha value is -2.18. The molecule has 2 heterocycles. The van der Waals surface area contributed by atoms with Crippen molar-refractivity contribution in [3.8, 4) is 0 Å². The van der Waals surface area contributed by atoms with Gasteiger partial charge >= 0.3 is 0 Å². The number of piperazine rings is 1. The van der Waals surface area contributed by atoms with Crippen LogP contribution in [0.2, 0.25) is 0 Å². The number of thiophene rings is 1. The zero-order valence-electron chi connectivity index (χ0n) is 14.4. The minimum absolute atomic E-state index is 0.0530. The summed E-state index contributed by atoms with van der Waals surface area (Å²) in [6.45, 7) is 5.91. The first-order valence-corrected chi connectivity index (χ1v) is 9.41. The molecule has 0 bridgehead atoms. The summed E-state index contributed by atoms with van der Waals surface area (Å²) in [6.07, 6.45) is 0.971. The van der Waals surface area contributed by atoms with Gasteiger partial charge in [-0.2, -0.15) is 0 Å². The molecule has 1 N–H and O–H groups in total. The highest BCUT2D eigenvalue weighted by atomic mass is 32.1. The van der Waals surface area contributed by atoms with E-state index in [9.17, 15) is 9.59 Å². The van der Waals surface area contributed by atoms with Crippen molar-refractivity contribution in [3.05, 3.63) is 52.2 Å². The van der Waals surface area contributed by atoms with Crippen molar-refractivity contribution in [2.75, 3.05) is 38.0 Å². The van der Waals surface area contributed by atoms with Gasteiger partial charge in [0.15, 0.2) is 0 Å². The van der Waals surface area contributed by atoms with E-state index in [4.69, 9.17) is 0 Å². The SMILES string of the molecule is CC(=O)Nc1ccc(CCN2CCN(C(=O)c3cccs3)CC2)cc1. The maximum Gasteiger partial charge on any atom is 0.264 e. The van der Waals surface area contributed by atoms with Gasteiger partial charge in [0.05, 0.1) is 4.88 Å². The first kappa shape index (κ1) is 17.6. The molecule has 1 aromatic carbocycles. The fourth-order valence-electron chi connectivity index (χ4n) is 2.98. The van der Waals surface area contributed by atoms with E-state index in [1.807, 2.05) is 34.5 Å². The minimum Gasteiger partial charge on any atom is -0.335 e. The van der Waals surface area contributed by atoms with Crippen molar-refractivity contribution in [2.45, 2.75) is 13.3 Å². The summed E-state index contributed by atoms with van der Waals surface area (Å²) in [4.78, 5) is 28.6. The highest BCUT2D eigenvalue weighted by Gasteiger charge is 2.22. The molecule has 2 amide bonds. The number of anilines is 1. The maximum absolute atomic E-state index is 12.3. The summed E-state index contributed by atoms with van der Waals surface area (Å²) in [5.41, 5.74) is 2.09. The molecule has 25 heavy (non-hydrogen) atoms. The Morgan fingerprint density at radius 3 is 2.40 bits per heavy atom. The van der Waals surface area contributed by atoms with Crippen LogP contribution in [0.1, 0.15) is 22.2 Å². The van der Waals surface area contributed by atoms with Gasteiger partial charge in [0.1, 0.15) is 0 Å². The lowest BCUT2D eigenvalue weighted by Gasteiger charge is -2.34. The van der Waals surface area contributed by atoms with Crippen molar-refractivity contribution in [1.29, 1.82) is 0 Å². The Labute approximate surface area is 152 Å². The summed E-state index contributed by atoms with van der Waals surface area (Å²) in [5, 5.41) is 4.72. The molecule has 1 aliphatic rings. The van der Waals surface area contributed by atoms with E-state index < -0.39 is 0 Å². The van der Waals surface area contributed by atoms with Crippen LogP contribution in [0.3, 0.4) is 0 Å². The van der Waals surface area contributed by atoms with Crippen LogP contribution < -0.4 is 5.32 Å². The zero-order valence-corrected chi connectivity index (χ0v) is 15.2. The van der Waals surface area contributed by atoms with Crippen LogP contribution in [-0.2, 0) is 11.2 Å². The molecule has 2 aromatic rings. The monoisotopic (exact) mass is 357 g/mol. The van der Waals surface area contributed by atoms with Crippen molar-refractivity contribution in [1.82, 2.24) is 9.80 Å². The summed E-state index contributed by atoms with van der Waals surface area (Å²) < 4.78 is 0. The fraction of sp³-hybridized carbons (Fsp3) is 0.368. The fourth-order valence-corrected chi connectivity index (χ4v) is 3.67. The molecule has 5 nitrogen and oxygen atoms in total. The molecular weight excluding hydrogens is 334 g/mol. The van der Waals surface area contributed by atoms with E-state index in [1.54, 1.807) is 0 Å². The predicted molar refractivity (Wildman–Crippen MR) is 101 cm³/mol. The Bertz CT molecular complexity index is 705. The van der Waals surface area contributed by atoms with Gasteiger partial charge < -0.3 is 10.2 Å². The summed E-state index contributed by atoms with van der Waals surface area (Å²) in [5.74, 6) is 0.103. The third-order valence-corrected chi connectivity index (χ3v) is 5.24. The Balaban J connectivity index is 1.43. The molecule has 1 aromatic heterocycles. The number of benzene rings is 1. The summed E-state index contributed by atoms with van der Waals surface area (Å²) in [7, 11) is 0. The largest absolute Gasteiger partial charge is 0.335 e. The van der Waals surface area contributed by atoms with Crippen LogP contribution in [0.25, 0.3) is 0 Å². The van der Waals surface area contributed by atoms with Crippen LogP contribution in [0.15, 0.2) is 41.8 Å². The van der Waals surface area contributed by atoms with Crippen LogP contribution >= 0.6 is 11.3 Å². The lowest BCUT2D eigenvalue weighted by molar-refractivity contribution is -0.114. The highest BCUT2D eigenvalue weighted by Crippen LogP contribution is 2.15. The third-order valence-electron chi connectivity index (χ3n) is 4.38. The van der Waals surface area contributed by atoms with Gasteiger partial charge in [0.2, 0.25) is 5.91 Å². The van der Waals surface area contributed by atoms with Gasteiger partial charge in [-0.15, -0.1) is 11.3 Å². The predicted octanol–water partition coefficient (Wildman–Crippen LogP) is 2.71. The van der Waals surface area contributed by atoms with Crippen LogP contribution in [0, 0.1) is 0 Å². The number of amides is 2. The van der Waals surface area contributed by atoms with Gasteiger partial charge in [-0.3, -0.25) is 14.5 Å². The molecule has 0 radical (unpaired) electrons. The second-order valence-corrected chi connectivity index (χ2v) is 7.19. The number of nitrogens with zero attached hydrogens (tertiary/aromatic N) is 2. The van der Waals surface area contributed by atoms with Gasteiger partial charge in [-0.1, -0.05) is 18.2 Å². The van der Waals surface area contributed by atoms with Gasteiger partial charge in [0.25, 0.3) is 5.91 Å². The summed E-state index contributed by atoms with van der Waals surface area (Å²) >= 11 is 1.51. The Kier molecular flexibility index (Phi) is 5.83. The number of hydrogen-bond donors (Lipinski definition) is 1. The van der Waals surface area contributed by atoms with Crippen molar-refractivity contribution < 1.29 is 9.59 Å². The molecule has 0 atom stereocenters. The molecule has 0 spiro atoms. The molecule has 0 saturated carbocycles. The average Bonchev–Trinajstić information content (AvgIpc) is 3.15. The van der Waals surface area contributed by atoms with Crippen LogP contribution in [0.4, 0.5) is 5.69 Å². The molecule has 0 unspecified atom stereocenters. The number of hydrogen-bond acceptors (Lipinski definition) is 4. The number of carbonyl (C=O) groups is 2. The topological polar surface area (TPSA) is 52.7 Å². The van der Waals surface area contributed by atoms with Crippen molar-refractivity contribution in [2.24, 2.45) is 0 Å². The molecule has 6 heteroatoms. The van der Waals surface area contributed by atoms with E-state index in [2.05, 4.69) is 22.3 Å². The molecule has 0 aliphatic carbocycles. The Morgan fingerprint density at radius 2 is 1.80 bits per heavy atom. The third kappa shape index (κ3) is 4.90. The first-order valence-electron chi connectivity index (χ1n) is 8.53. The highest BCUT2D eigenvalue weighted by molar-refractivity contribution is 7.12. The number of nitrogens with one attached hydrogen (secondary N) is 1. The quantitative estimate of drug-likeness (QED) is 0.895. The van der Waals surface area contributed by atoms with E-state index in [0.717, 1.165) is 49.7 Å². The molecule has 1 fully saturated rings. The average molecular weight is 357 g/mol. The van der Waals surface area contributed by atoms with E-state index >= 15 is 0 Å². The maximum atomic E-state index is 12.3. The zero-order chi connectivity index (χ0) is 17.6. The number of carbonyl (C=O) groups excluding carboxylic acids is 2. The molecule has 3 rings (SSSR count). The molecule has 1 aliphatic heterocycles. The standard InChI is InChI=1S/C19H23N3O2S/c1-15(23)20-17-6-4-16(5-7-17)8-9-21-10-12-22(13-11-21)19(24)18-3-2-14-25-18/h2-7,14H,8-13H2,1H3,(H,20,23). The molecular formula is C19H23N3O2S. The van der Waals surface area contributed by atoms with Gasteiger partial charge in [-0.25, -0.2) is 0 Å². The lowest BCUT2D eigenvalue weighted by Crippen LogP contribution is -2.48. The minimum atomic E-state index is -0.0530. The second-order valence-electron chi connectivity index (χ2n) is 6.24. The molecule has 1 saturated heterocycles. The van der Waals surface area contributed by atoms with Gasteiger partial charge in [-0.05, 0) is 35.6 Å². The van der Waals surface area contributed by atoms with Crippen molar-refractivity contribution in [3.63, 3.8) is 0 Å². The van der Waals surface area contributed by atoms with E-state index in [0.29, 0.717) is 0 Å². The normalized spacial score (nSPS) is 15.2. The number of rotatable bonds is 5. The lowest BCUT2D eigenvalue weighted by atomic mass is 10.1.